The number of imidazole rings is 2. The van der Waals surface area contributed by atoms with Gasteiger partial charge < -0.3 is 18.9 Å². The Hall–Kier alpha value is -4.98. The first kappa shape index (κ1) is 37.3. The van der Waals surface area contributed by atoms with Crippen LogP contribution >= 0.6 is 0 Å². The Morgan fingerprint density at radius 3 is 1.15 bits per heavy atom. The normalized spacial score (nSPS) is 12.7. The molecule has 7 rings (SSSR count). The first-order valence-corrected chi connectivity index (χ1v) is 20.4. The summed E-state index contributed by atoms with van der Waals surface area (Å²) in [6.45, 7) is 14.3. The molecule has 1 aliphatic heterocycles. The summed E-state index contributed by atoms with van der Waals surface area (Å²) in [5.74, 6) is 3.60. The fourth-order valence-electron chi connectivity index (χ4n) is 7.48. The Balaban J connectivity index is 1.44. The topological polar surface area (TPSA) is 54.5 Å². The van der Waals surface area contributed by atoms with E-state index in [0.29, 0.717) is 52.6 Å². The van der Waals surface area contributed by atoms with E-state index in [1.807, 2.05) is 0 Å². The van der Waals surface area contributed by atoms with Crippen LogP contribution in [0.4, 0.5) is 0 Å². The number of fused-ring (bicyclic) bond motifs is 12. The maximum atomic E-state index is 6.56. The molecule has 0 unspecified atom stereocenters. The molecule has 2 aromatic heterocycles. The summed E-state index contributed by atoms with van der Waals surface area (Å²) in [5.41, 5.74) is 9.33. The maximum Gasteiger partial charge on any atom is 0.245 e. The minimum absolute atomic E-state index is 0.680. The van der Waals surface area contributed by atoms with Gasteiger partial charge in [-0.2, -0.15) is 0 Å². The van der Waals surface area contributed by atoms with Gasteiger partial charge in [0.15, 0.2) is 23.0 Å². The van der Waals surface area contributed by atoms with Crippen LogP contribution < -0.4 is 28.1 Å². The molecule has 3 heterocycles. The molecule has 6 aromatic rings. The Kier molecular flexibility index (Phi) is 12.4. The van der Waals surface area contributed by atoms with Crippen molar-refractivity contribution < 1.29 is 28.1 Å². The van der Waals surface area contributed by atoms with Gasteiger partial charge in [0.05, 0.1) is 26.4 Å². The number of nitrogens with zero attached hydrogens (tertiary/aromatic N) is 4. The number of aromatic nitrogens is 4. The van der Waals surface area contributed by atoms with Crippen molar-refractivity contribution in [3.8, 4) is 23.0 Å². The zero-order valence-corrected chi connectivity index (χ0v) is 32.8. The highest BCUT2D eigenvalue weighted by molar-refractivity contribution is 5.86. The number of hydrogen-bond donors (Lipinski definition) is 0. The van der Waals surface area contributed by atoms with Crippen LogP contribution in [0.25, 0.3) is 22.1 Å². The number of unbranched alkanes of at least 4 members (excludes halogenated alkanes) is 4. The van der Waals surface area contributed by atoms with Crippen molar-refractivity contribution in [2.24, 2.45) is 0 Å². The van der Waals surface area contributed by atoms with Crippen LogP contribution in [0, 0.1) is 0 Å². The van der Waals surface area contributed by atoms with Gasteiger partial charge in [-0.1, -0.05) is 102 Å². The van der Waals surface area contributed by atoms with Crippen LogP contribution in [0.1, 0.15) is 101 Å². The van der Waals surface area contributed by atoms with E-state index in [4.69, 9.17) is 18.9 Å². The molecule has 0 radical (unpaired) electrons. The minimum atomic E-state index is 0.680. The minimum Gasteiger partial charge on any atom is -0.489 e. The lowest BCUT2D eigenvalue weighted by atomic mass is 10.1. The van der Waals surface area contributed by atoms with Crippen LogP contribution in [-0.4, -0.2) is 35.6 Å². The standard InChI is InChI=1S/C46H58N4O4/c1-5-9-25-51-39-21-22-40(52-26-10-6-2)44-43(39)47-29-35-17-13-14-19-37(35)31-49-34-50(32-38-20-16-15-18-36(38)30-48(44)33-47)46-42(54-28-12-8-4)24-23-41(45(46)49)53-27-11-7-3/h13-24,33-34H,5-12,25-32H2,1-4H3/q+2. The van der Waals surface area contributed by atoms with Gasteiger partial charge >= 0.3 is 0 Å². The van der Waals surface area contributed by atoms with Crippen molar-refractivity contribution >= 4 is 22.1 Å². The first-order valence-electron chi connectivity index (χ1n) is 20.4. The van der Waals surface area contributed by atoms with Gasteiger partial charge in [-0.25, -0.2) is 18.3 Å². The highest BCUT2D eigenvalue weighted by Gasteiger charge is 2.30. The fraction of sp³-hybridized carbons (Fsp3) is 0.435. The molecule has 284 valence electrons. The molecule has 0 amide bonds. The molecule has 8 nitrogen and oxygen atoms in total. The summed E-state index contributed by atoms with van der Waals surface area (Å²) in [4.78, 5) is 0. The summed E-state index contributed by atoms with van der Waals surface area (Å²) in [5, 5.41) is 0. The molecule has 0 spiro atoms. The summed E-state index contributed by atoms with van der Waals surface area (Å²) in [7, 11) is 0. The van der Waals surface area contributed by atoms with Crippen LogP contribution in [0.2, 0.25) is 0 Å². The predicted molar refractivity (Wildman–Crippen MR) is 215 cm³/mol. The average molecular weight is 731 g/mol. The molecule has 0 fully saturated rings. The number of ether oxygens (including phenoxy) is 4. The smallest absolute Gasteiger partial charge is 0.245 e. The highest BCUT2D eigenvalue weighted by atomic mass is 16.5. The highest BCUT2D eigenvalue weighted by Crippen LogP contribution is 2.36. The van der Waals surface area contributed by atoms with Crippen molar-refractivity contribution in [3.63, 3.8) is 0 Å². The van der Waals surface area contributed by atoms with E-state index >= 15 is 0 Å². The van der Waals surface area contributed by atoms with Gasteiger partial charge in [-0.3, -0.25) is 0 Å². The summed E-state index contributed by atoms with van der Waals surface area (Å²) in [6.07, 6.45) is 12.9. The third-order valence-corrected chi connectivity index (χ3v) is 10.5. The number of benzene rings is 4. The van der Waals surface area contributed by atoms with E-state index in [1.54, 1.807) is 0 Å². The van der Waals surface area contributed by atoms with E-state index in [2.05, 4.69) is 131 Å². The third-order valence-electron chi connectivity index (χ3n) is 10.5. The molecule has 0 atom stereocenters. The van der Waals surface area contributed by atoms with Gasteiger partial charge in [-0.15, -0.1) is 0 Å². The largest absolute Gasteiger partial charge is 0.489 e. The van der Waals surface area contributed by atoms with Gasteiger partial charge in [0.2, 0.25) is 34.7 Å². The van der Waals surface area contributed by atoms with E-state index in [0.717, 1.165) is 96.4 Å². The zero-order chi connectivity index (χ0) is 37.3. The monoisotopic (exact) mass is 730 g/mol. The van der Waals surface area contributed by atoms with Crippen LogP contribution in [0.5, 0.6) is 23.0 Å². The SMILES string of the molecule is CCCCOc1ccc(OCCCC)c2c1n1c[n+]2Cc2ccccc2Cn2c[n+](c3c(OCCCC)ccc(OCCCC)c32)Cc2ccccc2C1. The average Bonchev–Trinajstić information content (AvgIpc) is 3.72. The number of hydrogen-bond acceptors (Lipinski definition) is 4. The number of rotatable bonds is 16. The summed E-state index contributed by atoms with van der Waals surface area (Å²) >= 11 is 0. The Morgan fingerprint density at radius 1 is 0.444 bits per heavy atom. The second-order valence-electron chi connectivity index (χ2n) is 14.6. The van der Waals surface area contributed by atoms with Crippen molar-refractivity contribution in [1.29, 1.82) is 0 Å². The second-order valence-corrected chi connectivity index (χ2v) is 14.6. The molecule has 8 heteroatoms. The molecule has 1 aliphatic rings. The molecule has 0 N–H and O–H groups in total. The van der Waals surface area contributed by atoms with Crippen molar-refractivity contribution in [2.45, 2.75) is 105 Å². The lowest BCUT2D eigenvalue weighted by molar-refractivity contribution is -0.664. The molecule has 4 bridgehead atoms. The lowest BCUT2D eigenvalue weighted by Crippen LogP contribution is -2.35. The predicted octanol–water partition coefficient (Wildman–Crippen LogP) is 9.39. The summed E-state index contributed by atoms with van der Waals surface area (Å²) in [6, 6.07) is 26.1. The molecular formula is C46H58N4O4+2. The fourth-order valence-corrected chi connectivity index (χ4v) is 7.48. The Labute approximate surface area is 320 Å². The summed E-state index contributed by atoms with van der Waals surface area (Å²) < 4.78 is 35.7. The van der Waals surface area contributed by atoms with Crippen molar-refractivity contribution in [1.82, 2.24) is 9.13 Å². The van der Waals surface area contributed by atoms with E-state index < -0.39 is 0 Å². The molecule has 0 saturated carbocycles. The van der Waals surface area contributed by atoms with Crippen molar-refractivity contribution in [3.05, 3.63) is 108 Å². The molecular weight excluding hydrogens is 673 g/mol. The maximum absolute atomic E-state index is 6.56. The Morgan fingerprint density at radius 2 is 0.778 bits per heavy atom. The van der Waals surface area contributed by atoms with Gasteiger partial charge in [0, 0.05) is 22.3 Å². The van der Waals surface area contributed by atoms with Crippen LogP contribution in [-0.2, 0) is 26.2 Å². The molecule has 0 saturated heterocycles. The van der Waals surface area contributed by atoms with Gasteiger partial charge in [0.25, 0.3) is 0 Å². The van der Waals surface area contributed by atoms with Crippen molar-refractivity contribution in [2.75, 3.05) is 26.4 Å². The molecule has 0 aliphatic carbocycles. The lowest BCUT2D eigenvalue weighted by Gasteiger charge is -2.13. The first-order chi connectivity index (χ1) is 26.6. The van der Waals surface area contributed by atoms with Gasteiger partial charge in [-0.05, 0) is 49.9 Å². The van der Waals surface area contributed by atoms with E-state index in [9.17, 15) is 0 Å². The van der Waals surface area contributed by atoms with E-state index in [1.165, 1.54) is 22.3 Å². The van der Waals surface area contributed by atoms with Crippen LogP contribution in [0.15, 0.2) is 85.5 Å². The molecule has 54 heavy (non-hydrogen) atoms. The van der Waals surface area contributed by atoms with Crippen LogP contribution in [0.3, 0.4) is 0 Å². The zero-order valence-electron chi connectivity index (χ0n) is 32.8. The second kappa shape index (κ2) is 17.9. The quantitative estimate of drug-likeness (QED) is 0.0735. The third kappa shape index (κ3) is 8.08. The molecule has 4 aromatic carbocycles. The van der Waals surface area contributed by atoms with Gasteiger partial charge in [0.1, 0.15) is 26.2 Å². The Bertz CT molecular complexity index is 1870. The van der Waals surface area contributed by atoms with E-state index in [-0.39, 0.29) is 0 Å².